The summed E-state index contributed by atoms with van der Waals surface area (Å²) in [7, 11) is 1.61. The second-order valence-corrected chi connectivity index (χ2v) is 6.57. The van der Waals surface area contributed by atoms with Crippen LogP contribution in [0.5, 0.6) is 5.75 Å². The molecule has 2 N–H and O–H groups in total. The zero-order valence-corrected chi connectivity index (χ0v) is 13.4. The number of amides is 1. The van der Waals surface area contributed by atoms with Gasteiger partial charge in [-0.3, -0.25) is 4.79 Å². The number of hydrogen-bond acceptors (Lipinski definition) is 2. The van der Waals surface area contributed by atoms with Gasteiger partial charge in [-0.15, -0.1) is 0 Å². The molecule has 0 radical (unpaired) electrons. The van der Waals surface area contributed by atoms with Crippen molar-refractivity contribution in [2.45, 2.75) is 38.1 Å². The number of benzene rings is 1. The minimum Gasteiger partial charge on any atom is -0.496 e. The molecular formula is C18H27N2O2+. The molecule has 1 aromatic carbocycles. The van der Waals surface area contributed by atoms with Gasteiger partial charge in [-0.25, -0.2) is 0 Å². The summed E-state index contributed by atoms with van der Waals surface area (Å²) in [4.78, 5) is 14.2. The van der Waals surface area contributed by atoms with Crippen molar-refractivity contribution in [2.75, 3.05) is 26.7 Å². The summed E-state index contributed by atoms with van der Waals surface area (Å²) in [5, 5.41) is 3.14. The number of methoxy groups -OCH3 is 1. The Morgan fingerprint density at radius 3 is 2.91 bits per heavy atom. The summed E-state index contributed by atoms with van der Waals surface area (Å²) in [6.07, 6.45) is 6.59. The monoisotopic (exact) mass is 303 g/mol. The lowest BCUT2D eigenvalue weighted by Gasteiger charge is -2.41. The van der Waals surface area contributed by atoms with Gasteiger partial charge in [0.2, 0.25) is 0 Å². The number of para-hydroxylation sites is 1. The van der Waals surface area contributed by atoms with Crippen LogP contribution in [0.4, 0.5) is 0 Å². The Morgan fingerprint density at radius 1 is 1.23 bits per heavy atom. The van der Waals surface area contributed by atoms with E-state index in [1.165, 1.54) is 45.2 Å². The number of carbonyl (C=O) groups excluding carboxylic acids is 1. The van der Waals surface area contributed by atoms with Crippen molar-refractivity contribution >= 4 is 5.91 Å². The average Bonchev–Trinajstić information content (AvgIpc) is 2.59. The van der Waals surface area contributed by atoms with Crippen molar-refractivity contribution in [1.82, 2.24) is 5.32 Å². The molecule has 2 saturated heterocycles. The smallest absolute Gasteiger partial charge is 0.255 e. The summed E-state index contributed by atoms with van der Waals surface area (Å²) < 4.78 is 5.28. The lowest BCUT2D eigenvalue weighted by molar-refractivity contribution is -0.939. The largest absolute Gasteiger partial charge is 0.496 e. The first-order chi connectivity index (χ1) is 10.8. The van der Waals surface area contributed by atoms with Gasteiger partial charge < -0.3 is 15.0 Å². The van der Waals surface area contributed by atoms with Crippen molar-refractivity contribution in [2.24, 2.45) is 5.92 Å². The Kier molecular flexibility index (Phi) is 4.98. The molecule has 0 spiro atoms. The molecule has 3 atom stereocenters. The van der Waals surface area contributed by atoms with Crippen LogP contribution in [0.1, 0.15) is 42.5 Å². The molecule has 120 valence electrons. The lowest BCUT2D eigenvalue weighted by Crippen LogP contribution is -3.18. The summed E-state index contributed by atoms with van der Waals surface area (Å²) in [6, 6.07) is 8.18. The van der Waals surface area contributed by atoms with Crippen molar-refractivity contribution < 1.29 is 14.4 Å². The molecule has 22 heavy (non-hydrogen) atoms. The van der Waals surface area contributed by atoms with Crippen LogP contribution in [0.25, 0.3) is 0 Å². The second kappa shape index (κ2) is 7.14. The standard InChI is InChI=1S/C18H26N2O2/c1-22-17-10-3-2-8-15(17)18(21)19-13-14-7-6-12-20-11-5-4-9-16(14)20/h2-3,8,10,14,16H,4-7,9,11-13H2,1H3,(H,19,21)/p+1/t14-,16-/m1/s1. The third kappa shape index (κ3) is 3.27. The summed E-state index contributed by atoms with van der Waals surface area (Å²) in [5.74, 6) is 1.26. The highest BCUT2D eigenvalue weighted by molar-refractivity contribution is 5.96. The second-order valence-electron chi connectivity index (χ2n) is 6.57. The average molecular weight is 303 g/mol. The summed E-state index contributed by atoms with van der Waals surface area (Å²) in [5.41, 5.74) is 0.633. The number of hydrogen-bond donors (Lipinski definition) is 2. The maximum atomic E-state index is 12.4. The van der Waals surface area contributed by atoms with Crippen molar-refractivity contribution in [1.29, 1.82) is 0 Å². The van der Waals surface area contributed by atoms with E-state index >= 15 is 0 Å². The minimum atomic E-state index is -0.0135. The van der Waals surface area contributed by atoms with E-state index in [0.717, 1.165) is 12.6 Å². The molecule has 2 aliphatic heterocycles. The first kappa shape index (κ1) is 15.3. The maximum absolute atomic E-state index is 12.4. The zero-order valence-electron chi connectivity index (χ0n) is 13.4. The van der Waals surface area contributed by atoms with Crippen molar-refractivity contribution in [3.63, 3.8) is 0 Å². The highest BCUT2D eigenvalue weighted by atomic mass is 16.5. The topological polar surface area (TPSA) is 42.8 Å². The highest BCUT2D eigenvalue weighted by Crippen LogP contribution is 2.21. The van der Waals surface area contributed by atoms with Gasteiger partial charge in [0.1, 0.15) is 5.75 Å². The molecule has 2 fully saturated rings. The molecule has 0 bridgehead atoms. The first-order valence-electron chi connectivity index (χ1n) is 8.55. The molecule has 1 aromatic rings. The Labute approximate surface area is 132 Å². The van der Waals surface area contributed by atoms with Gasteiger partial charge in [0, 0.05) is 12.5 Å². The Hall–Kier alpha value is -1.55. The van der Waals surface area contributed by atoms with Gasteiger partial charge in [-0.05, 0) is 44.2 Å². The molecule has 0 saturated carbocycles. The number of quaternary nitrogens is 1. The van der Waals surface area contributed by atoms with Crippen LogP contribution in [-0.4, -0.2) is 38.7 Å². The van der Waals surface area contributed by atoms with E-state index in [2.05, 4.69) is 5.32 Å². The minimum absolute atomic E-state index is 0.0135. The molecule has 1 amide bonds. The zero-order chi connectivity index (χ0) is 15.4. The summed E-state index contributed by atoms with van der Waals surface area (Å²) in [6.45, 7) is 3.44. The number of rotatable bonds is 4. The predicted molar refractivity (Wildman–Crippen MR) is 86.4 cm³/mol. The maximum Gasteiger partial charge on any atom is 0.255 e. The fraction of sp³-hybridized carbons (Fsp3) is 0.611. The van der Waals surface area contributed by atoms with E-state index in [-0.39, 0.29) is 5.91 Å². The Bertz CT molecular complexity index is 516. The van der Waals surface area contributed by atoms with Crippen LogP contribution in [0.3, 0.4) is 0 Å². The fourth-order valence-electron chi connectivity index (χ4n) is 4.17. The number of ether oxygens (including phenoxy) is 1. The van der Waals surface area contributed by atoms with Crippen molar-refractivity contribution in [3.05, 3.63) is 29.8 Å². The Balaban J connectivity index is 1.60. The molecule has 0 aromatic heterocycles. The van der Waals surface area contributed by atoms with Crippen LogP contribution < -0.4 is 15.0 Å². The molecule has 4 heteroatoms. The van der Waals surface area contributed by atoms with Crippen LogP contribution in [-0.2, 0) is 0 Å². The first-order valence-corrected chi connectivity index (χ1v) is 8.55. The third-order valence-corrected chi connectivity index (χ3v) is 5.31. The predicted octanol–water partition coefficient (Wildman–Crippen LogP) is 1.27. The highest BCUT2D eigenvalue weighted by Gasteiger charge is 2.36. The van der Waals surface area contributed by atoms with Gasteiger partial charge in [0.25, 0.3) is 5.91 Å². The molecule has 2 aliphatic rings. The van der Waals surface area contributed by atoms with Gasteiger partial charge >= 0.3 is 0 Å². The van der Waals surface area contributed by atoms with Gasteiger partial charge in [-0.1, -0.05) is 12.1 Å². The molecule has 2 heterocycles. The van der Waals surface area contributed by atoms with Gasteiger partial charge in [-0.2, -0.15) is 0 Å². The molecule has 4 nitrogen and oxygen atoms in total. The van der Waals surface area contributed by atoms with E-state index in [9.17, 15) is 4.79 Å². The van der Waals surface area contributed by atoms with Crippen LogP contribution in [0, 0.1) is 5.92 Å². The van der Waals surface area contributed by atoms with E-state index in [4.69, 9.17) is 4.74 Å². The number of nitrogens with one attached hydrogen (secondary N) is 2. The molecule has 3 rings (SSSR count). The van der Waals surface area contributed by atoms with E-state index < -0.39 is 0 Å². The Morgan fingerprint density at radius 2 is 2.05 bits per heavy atom. The van der Waals surface area contributed by atoms with Gasteiger partial charge in [0.05, 0.1) is 31.8 Å². The van der Waals surface area contributed by atoms with Crippen LogP contribution in [0.15, 0.2) is 24.3 Å². The van der Waals surface area contributed by atoms with Crippen LogP contribution >= 0.6 is 0 Å². The lowest BCUT2D eigenvalue weighted by atomic mass is 9.83. The quantitative estimate of drug-likeness (QED) is 0.880. The van der Waals surface area contributed by atoms with E-state index in [0.29, 0.717) is 17.2 Å². The van der Waals surface area contributed by atoms with E-state index in [1.54, 1.807) is 12.0 Å². The fourth-order valence-corrected chi connectivity index (χ4v) is 4.17. The summed E-state index contributed by atoms with van der Waals surface area (Å²) >= 11 is 0. The molecule has 0 aliphatic carbocycles. The van der Waals surface area contributed by atoms with E-state index in [1.807, 2.05) is 24.3 Å². The van der Waals surface area contributed by atoms with Gasteiger partial charge in [0.15, 0.2) is 0 Å². The number of piperidine rings is 2. The molecule has 1 unspecified atom stereocenters. The number of carbonyl (C=O) groups is 1. The number of fused-ring (bicyclic) bond motifs is 1. The van der Waals surface area contributed by atoms with Crippen LogP contribution in [0.2, 0.25) is 0 Å². The normalized spacial score (nSPS) is 27.8. The SMILES string of the molecule is COc1ccccc1C(=O)NC[C@H]1CCC[NH+]2CCCC[C@H]12. The molecular weight excluding hydrogens is 276 g/mol. The van der Waals surface area contributed by atoms with Crippen molar-refractivity contribution in [3.8, 4) is 5.75 Å². The third-order valence-electron chi connectivity index (χ3n) is 5.31.